The quantitative estimate of drug-likeness (QED) is 0.383. The molecule has 21 heavy (non-hydrogen) atoms. The van der Waals surface area contributed by atoms with Crippen molar-refractivity contribution < 1.29 is 19.5 Å². The van der Waals surface area contributed by atoms with Crippen LogP contribution in [-0.2, 0) is 20.8 Å². The van der Waals surface area contributed by atoms with E-state index in [1.54, 1.807) is 13.1 Å². The van der Waals surface area contributed by atoms with Crippen LogP contribution in [0.2, 0.25) is 0 Å². The highest BCUT2D eigenvalue weighted by atomic mass is 16.4. The molecular formula is C12H19N5O4. The third kappa shape index (κ3) is 6.04. The number of nitrogens with zero attached hydrogens (tertiary/aromatic N) is 1. The first-order valence-electron chi connectivity index (χ1n) is 6.40. The Bertz CT molecular complexity index is 488. The Kier molecular flexibility index (Phi) is 6.34. The Morgan fingerprint density at radius 1 is 1.38 bits per heavy atom. The lowest BCUT2D eigenvalue weighted by Gasteiger charge is -2.15. The first-order chi connectivity index (χ1) is 9.90. The number of carbonyl (C=O) groups is 3. The van der Waals surface area contributed by atoms with Crippen molar-refractivity contribution in [2.75, 3.05) is 13.1 Å². The summed E-state index contributed by atoms with van der Waals surface area (Å²) < 4.78 is 0. The molecule has 1 aromatic rings. The highest BCUT2D eigenvalue weighted by Gasteiger charge is 2.18. The number of hydrogen-bond acceptors (Lipinski definition) is 5. The van der Waals surface area contributed by atoms with Gasteiger partial charge in [-0.3, -0.25) is 14.4 Å². The number of rotatable bonds is 8. The van der Waals surface area contributed by atoms with Crippen LogP contribution in [0.3, 0.4) is 0 Å². The van der Waals surface area contributed by atoms with Gasteiger partial charge in [-0.05, 0) is 0 Å². The van der Waals surface area contributed by atoms with Crippen LogP contribution in [0, 0.1) is 5.92 Å². The summed E-state index contributed by atoms with van der Waals surface area (Å²) in [6.45, 7) is 1.22. The predicted molar refractivity (Wildman–Crippen MR) is 73.1 cm³/mol. The number of imidazole rings is 1. The first-order valence-corrected chi connectivity index (χ1v) is 6.40. The van der Waals surface area contributed by atoms with Crippen molar-refractivity contribution in [2.45, 2.75) is 19.4 Å². The molecular weight excluding hydrogens is 278 g/mol. The fourth-order valence-electron chi connectivity index (χ4n) is 1.54. The van der Waals surface area contributed by atoms with Crippen molar-refractivity contribution >= 4 is 17.8 Å². The molecule has 0 spiro atoms. The SMILES string of the molecule is CC(CNC(=O)[C@@H](N)Cc1cnc[nH]1)C(=O)NCC(=O)O. The Morgan fingerprint density at radius 2 is 2.10 bits per heavy atom. The number of hydrogen-bond donors (Lipinski definition) is 5. The van der Waals surface area contributed by atoms with Gasteiger partial charge in [-0.15, -0.1) is 0 Å². The number of carbonyl (C=O) groups excluding carboxylic acids is 2. The second-order valence-electron chi connectivity index (χ2n) is 4.65. The normalized spacial score (nSPS) is 13.2. The number of aromatic amines is 1. The van der Waals surface area contributed by atoms with Gasteiger partial charge < -0.3 is 26.5 Å². The summed E-state index contributed by atoms with van der Waals surface area (Å²) in [5.41, 5.74) is 6.47. The summed E-state index contributed by atoms with van der Waals surface area (Å²) >= 11 is 0. The number of carboxylic acid groups (broad SMARTS) is 1. The number of nitrogens with one attached hydrogen (secondary N) is 3. The lowest BCUT2D eigenvalue weighted by molar-refractivity contribution is -0.138. The maximum Gasteiger partial charge on any atom is 0.322 e. The fraction of sp³-hybridized carbons (Fsp3) is 0.500. The van der Waals surface area contributed by atoms with Gasteiger partial charge in [-0.1, -0.05) is 6.92 Å². The van der Waals surface area contributed by atoms with E-state index < -0.39 is 30.4 Å². The monoisotopic (exact) mass is 297 g/mol. The molecule has 9 heteroatoms. The minimum atomic E-state index is -1.12. The molecule has 0 saturated heterocycles. The fourth-order valence-corrected chi connectivity index (χ4v) is 1.54. The van der Waals surface area contributed by atoms with Crippen LogP contribution < -0.4 is 16.4 Å². The van der Waals surface area contributed by atoms with E-state index in [1.165, 1.54) is 6.33 Å². The topological polar surface area (TPSA) is 150 Å². The summed E-state index contributed by atoms with van der Waals surface area (Å²) in [4.78, 5) is 40.3. The van der Waals surface area contributed by atoms with Crippen molar-refractivity contribution in [3.05, 3.63) is 18.2 Å². The van der Waals surface area contributed by atoms with E-state index in [0.29, 0.717) is 6.42 Å². The van der Waals surface area contributed by atoms with Gasteiger partial charge in [0.05, 0.1) is 18.3 Å². The molecule has 2 amide bonds. The first kappa shape index (κ1) is 16.6. The standard InChI is InChI=1S/C12H19N5O4/c1-7(11(20)16-5-10(18)19)3-15-12(21)9(13)2-8-4-14-6-17-8/h4,6-7,9H,2-3,5,13H2,1H3,(H,14,17)(H,15,21)(H,16,20)(H,18,19)/t7?,9-/m0/s1. The molecule has 1 heterocycles. The van der Waals surface area contributed by atoms with Crippen LogP contribution >= 0.6 is 0 Å². The number of H-pyrrole nitrogens is 1. The van der Waals surface area contributed by atoms with Crippen molar-refractivity contribution in [1.82, 2.24) is 20.6 Å². The molecule has 6 N–H and O–H groups in total. The molecule has 116 valence electrons. The third-order valence-corrected chi connectivity index (χ3v) is 2.78. The summed E-state index contributed by atoms with van der Waals surface area (Å²) in [5.74, 6) is -2.50. The molecule has 0 aliphatic rings. The van der Waals surface area contributed by atoms with Gasteiger partial charge in [0.25, 0.3) is 0 Å². The number of nitrogens with two attached hydrogens (primary N) is 1. The minimum Gasteiger partial charge on any atom is -0.480 e. The molecule has 1 rings (SSSR count). The number of carboxylic acids is 1. The number of amides is 2. The molecule has 0 fully saturated rings. The van der Waals surface area contributed by atoms with Crippen molar-refractivity contribution in [3.63, 3.8) is 0 Å². The molecule has 1 unspecified atom stereocenters. The summed E-state index contributed by atoms with van der Waals surface area (Å²) in [7, 11) is 0. The van der Waals surface area contributed by atoms with Gasteiger partial charge in [-0.2, -0.15) is 0 Å². The molecule has 9 nitrogen and oxygen atoms in total. The Morgan fingerprint density at radius 3 is 2.67 bits per heavy atom. The molecule has 0 aliphatic carbocycles. The smallest absolute Gasteiger partial charge is 0.322 e. The second kappa shape index (κ2) is 8.00. The van der Waals surface area contributed by atoms with E-state index in [1.807, 2.05) is 0 Å². The average molecular weight is 297 g/mol. The maximum atomic E-state index is 11.8. The summed E-state index contributed by atoms with van der Waals surface area (Å²) in [5, 5.41) is 13.2. The Balaban J connectivity index is 2.31. The molecule has 0 aliphatic heterocycles. The van der Waals surface area contributed by atoms with E-state index in [9.17, 15) is 14.4 Å². The second-order valence-corrected chi connectivity index (χ2v) is 4.65. The summed E-state index contributed by atoms with van der Waals surface area (Å²) in [6, 6.07) is -0.750. The molecule has 0 saturated carbocycles. The van der Waals surface area contributed by atoms with Crippen LogP contribution in [0.1, 0.15) is 12.6 Å². The summed E-state index contributed by atoms with van der Waals surface area (Å²) in [6.07, 6.45) is 3.38. The zero-order valence-electron chi connectivity index (χ0n) is 11.6. The lowest BCUT2D eigenvalue weighted by Crippen LogP contribution is -2.45. The van der Waals surface area contributed by atoms with Gasteiger partial charge >= 0.3 is 5.97 Å². The van der Waals surface area contributed by atoms with Crippen LogP contribution in [-0.4, -0.2) is 52.0 Å². The predicted octanol–water partition coefficient (Wildman–Crippen LogP) is -1.77. The molecule has 0 radical (unpaired) electrons. The zero-order chi connectivity index (χ0) is 15.8. The van der Waals surface area contributed by atoms with E-state index >= 15 is 0 Å². The molecule has 2 atom stereocenters. The van der Waals surface area contributed by atoms with Gasteiger partial charge in [0.1, 0.15) is 6.54 Å². The van der Waals surface area contributed by atoms with Crippen molar-refractivity contribution in [1.29, 1.82) is 0 Å². The van der Waals surface area contributed by atoms with Crippen molar-refractivity contribution in [3.8, 4) is 0 Å². The largest absolute Gasteiger partial charge is 0.480 e. The minimum absolute atomic E-state index is 0.0843. The van der Waals surface area contributed by atoms with Crippen LogP contribution in [0.5, 0.6) is 0 Å². The van der Waals surface area contributed by atoms with E-state index in [0.717, 1.165) is 5.69 Å². The molecule has 0 aromatic carbocycles. The average Bonchev–Trinajstić information content (AvgIpc) is 2.94. The van der Waals surface area contributed by atoms with Crippen LogP contribution in [0.25, 0.3) is 0 Å². The highest BCUT2D eigenvalue weighted by Crippen LogP contribution is 1.97. The van der Waals surface area contributed by atoms with Crippen molar-refractivity contribution in [2.24, 2.45) is 11.7 Å². The van der Waals surface area contributed by atoms with E-state index in [2.05, 4.69) is 20.6 Å². The van der Waals surface area contributed by atoms with Crippen LogP contribution in [0.15, 0.2) is 12.5 Å². The maximum absolute atomic E-state index is 11.8. The van der Waals surface area contributed by atoms with E-state index in [4.69, 9.17) is 10.8 Å². The molecule has 1 aromatic heterocycles. The van der Waals surface area contributed by atoms with Gasteiger partial charge in [0.2, 0.25) is 11.8 Å². The van der Waals surface area contributed by atoms with E-state index in [-0.39, 0.29) is 12.5 Å². The van der Waals surface area contributed by atoms with Gasteiger partial charge in [0, 0.05) is 24.9 Å². The Labute approximate surface area is 121 Å². The highest BCUT2D eigenvalue weighted by molar-refractivity contribution is 5.85. The number of aliphatic carboxylic acids is 1. The molecule has 0 bridgehead atoms. The lowest BCUT2D eigenvalue weighted by atomic mass is 10.1. The number of aromatic nitrogens is 2. The van der Waals surface area contributed by atoms with Gasteiger partial charge in [0.15, 0.2) is 0 Å². The Hall–Kier alpha value is -2.42. The van der Waals surface area contributed by atoms with Crippen LogP contribution in [0.4, 0.5) is 0 Å². The zero-order valence-corrected chi connectivity index (χ0v) is 11.6. The third-order valence-electron chi connectivity index (χ3n) is 2.78. The van der Waals surface area contributed by atoms with Gasteiger partial charge in [-0.25, -0.2) is 4.98 Å².